The molecule has 1 N–H and O–H groups in total. The van der Waals surface area contributed by atoms with Crippen LogP contribution < -0.4 is 10.2 Å². The maximum absolute atomic E-state index is 12.6. The van der Waals surface area contributed by atoms with Gasteiger partial charge in [-0.05, 0) is 62.1 Å². The van der Waals surface area contributed by atoms with Crippen molar-refractivity contribution in [3.05, 3.63) is 58.7 Å². The molecule has 1 fully saturated rings. The number of fused-ring (bicyclic) bond motifs is 1. The molecule has 4 rings (SSSR count). The molecular weight excluding hydrogens is 430 g/mol. The van der Waals surface area contributed by atoms with E-state index in [2.05, 4.69) is 11.4 Å². The molecule has 2 aromatic carbocycles. The Balaban J connectivity index is 1.55. The molecule has 0 radical (unpaired) electrons. The zero-order valence-electron chi connectivity index (χ0n) is 18.2. The van der Waals surface area contributed by atoms with E-state index in [1.807, 2.05) is 62.9 Å². The molecular formula is C23H27N3O3S2. The summed E-state index contributed by atoms with van der Waals surface area (Å²) in [5.74, 6) is 0.261. The second-order valence-corrected chi connectivity index (χ2v) is 11.5. The Bertz CT molecular complexity index is 1170. The highest BCUT2D eigenvalue weighted by Crippen LogP contribution is 2.37. The number of nitrogens with one attached hydrogen (secondary N) is 1. The van der Waals surface area contributed by atoms with E-state index >= 15 is 0 Å². The molecule has 1 amide bonds. The van der Waals surface area contributed by atoms with Crippen LogP contribution in [0.1, 0.15) is 22.3 Å². The first-order valence-electron chi connectivity index (χ1n) is 10.3. The number of amidine groups is 1. The van der Waals surface area contributed by atoms with Crippen LogP contribution in [0, 0.1) is 27.7 Å². The van der Waals surface area contributed by atoms with Crippen molar-refractivity contribution in [2.45, 2.75) is 39.8 Å². The standard InChI is InChI=1S/C23H27N3O3S2/c1-14-5-7-16(3)18(9-14)24-22(27)11-30-23-25-19-12-31(28,29)13-21(19)26(23)20-10-15(2)6-8-17(20)4/h5-10,19,21H,11-13H2,1-4H3,(H,24,27)/t19-,21+/m1/s1. The number of hydrogen-bond acceptors (Lipinski definition) is 6. The molecule has 0 spiro atoms. The third-order valence-electron chi connectivity index (χ3n) is 5.73. The molecule has 2 aromatic rings. The molecule has 6 nitrogen and oxygen atoms in total. The molecule has 2 heterocycles. The minimum absolute atomic E-state index is 0.0672. The summed E-state index contributed by atoms with van der Waals surface area (Å²) >= 11 is 1.36. The summed E-state index contributed by atoms with van der Waals surface area (Å²) in [4.78, 5) is 19.4. The van der Waals surface area contributed by atoms with Crippen molar-refractivity contribution in [3.8, 4) is 0 Å². The molecule has 0 aromatic heterocycles. The summed E-state index contributed by atoms with van der Waals surface area (Å²) in [5, 5.41) is 3.70. The summed E-state index contributed by atoms with van der Waals surface area (Å²) in [6.45, 7) is 7.99. The predicted octanol–water partition coefficient (Wildman–Crippen LogP) is 3.63. The summed E-state index contributed by atoms with van der Waals surface area (Å²) in [6.07, 6.45) is 0. The van der Waals surface area contributed by atoms with E-state index in [9.17, 15) is 13.2 Å². The normalized spacial score (nSPS) is 21.7. The maximum atomic E-state index is 12.6. The second kappa shape index (κ2) is 8.31. The Kier molecular flexibility index (Phi) is 5.87. The van der Waals surface area contributed by atoms with Crippen LogP contribution in [0.4, 0.5) is 11.4 Å². The highest BCUT2D eigenvalue weighted by molar-refractivity contribution is 8.14. The van der Waals surface area contributed by atoms with Gasteiger partial charge in [0.2, 0.25) is 5.91 Å². The van der Waals surface area contributed by atoms with E-state index < -0.39 is 9.84 Å². The number of benzene rings is 2. The van der Waals surface area contributed by atoms with Crippen molar-refractivity contribution in [2.24, 2.45) is 4.99 Å². The first-order chi connectivity index (χ1) is 14.6. The number of hydrogen-bond donors (Lipinski definition) is 1. The van der Waals surface area contributed by atoms with Crippen LogP contribution in [0.5, 0.6) is 0 Å². The van der Waals surface area contributed by atoms with Crippen molar-refractivity contribution >= 4 is 44.0 Å². The summed E-state index contributed by atoms with van der Waals surface area (Å²) in [6, 6.07) is 11.6. The molecule has 1 saturated heterocycles. The molecule has 2 aliphatic heterocycles. The van der Waals surface area contributed by atoms with Crippen LogP contribution in [0.15, 0.2) is 41.4 Å². The lowest BCUT2D eigenvalue weighted by molar-refractivity contribution is -0.113. The van der Waals surface area contributed by atoms with Gasteiger partial charge in [0, 0.05) is 11.4 Å². The van der Waals surface area contributed by atoms with Crippen LogP contribution in [0.25, 0.3) is 0 Å². The number of aryl methyl sites for hydroxylation is 4. The molecule has 0 aliphatic carbocycles. The lowest BCUT2D eigenvalue weighted by atomic mass is 10.1. The van der Waals surface area contributed by atoms with Gasteiger partial charge in [-0.1, -0.05) is 36.0 Å². The van der Waals surface area contributed by atoms with Gasteiger partial charge < -0.3 is 10.2 Å². The SMILES string of the molecule is Cc1ccc(C)c(NC(=O)CSC2=N[C@@H]3CS(=O)(=O)C[C@@H]3N2c2cc(C)ccc2C)c1. The monoisotopic (exact) mass is 457 g/mol. The third-order valence-corrected chi connectivity index (χ3v) is 8.40. The predicted molar refractivity (Wildman–Crippen MR) is 129 cm³/mol. The van der Waals surface area contributed by atoms with Crippen molar-refractivity contribution in [3.63, 3.8) is 0 Å². The highest BCUT2D eigenvalue weighted by atomic mass is 32.2. The van der Waals surface area contributed by atoms with E-state index in [0.717, 1.165) is 38.8 Å². The molecule has 0 saturated carbocycles. The first kappa shape index (κ1) is 21.9. The lowest BCUT2D eigenvalue weighted by Crippen LogP contribution is -2.40. The van der Waals surface area contributed by atoms with Gasteiger partial charge in [-0.2, -0.15) is 0 Å². The fourth-order valence-corrected chi connectivity index (χ4v) is 6.84. The van der Waals surface area contributed by atoms with Gasteiger partial charge in [0.05, 0.1) is 29.3 Å². The smallest absolute Gasteiger partial charge is 0.234 e. The molecule has 31 heavy (non-hydrogen) atoms. The first-order valence-corrected chi connectivity index (χ1v) is 13.1. The Morgan fingerprint density at radius 1 is 1.06 bits per heavy atom. The number of carbonyl (C=O) groups excluding carboxylic acids is 1. The van der Waals surface area contributed by atoms with Gasteiger partial charge in [0.1, 0.15) is 0 Å². The molecule has 0 bridgehead atoms. The molecule has 0 unspecified atom stereocenters. The lowest BCUT2D eigenvalue weighted by Gasteiger charge is -2.28. The quantitative estimate of drug-likeness (QED) is 0.758. The van der Waals surface area contributed by atoms with Crippen molar-refractivity contribution in [1.29, 1.82) is 0 Å². The van der Waals surface area contributed by atoms with Gasteiger partial charge >= 0.3 is 0 Å². The summed E-state index contributed by atoms with van der Waals surface area (Å²) < 4.78 is 24.5. The number of rotatable bonds is 4. The van der Waals surface area contributed by atoms with Crippen molar-refractivity contribution in [2.75, 3.05) is 27.5 Å². The number of sulfone groups is 1. The van der Waals surface area contributed by atoms with E-state index in [1.54, 1.807) is 0 Å². The Morgan fingerprint density at radius 2 is 1.74 bits per heavy atom. The Hall–Kier alpha value is -2.32. The number of anilines is 2. The van der Waals surface area contributed by atoms with Crippen molar-refractivity contribution in [1.82, 2.24) is 0 Å². The topological polar surface area (TPSA) is 78.8 Å². The van der Waals surface area contributed by atoms with Gasteiger partial charge in [0.15, 0.2) is 15.0 Å². The summed E-state index contributed by atoms with van der Waals surface area (Å²) in [5.41, 5.74) is 6.03. The average molecular weight is 458 g/mol. The molecule has 2 aliphatic rings. The fraction of sp³-hybridized carbons (Fsp3) is 0.391. The van der Waals surface area contributed by atoms with Crippen molar-refractivity contribution < 1.29 is 13.2 Å². The Morgan fingerprint density at radius 3 is 2.48 bits per heavy atom. The second-order valence-electron chi connectivity index (χ2n) is 8.44. The van der Waals surface area contributed by atoms with Gasteiger partial charge in [-0.25, -0.2) is 8.42 Å². The van der Waals surface area contributed by atoms with Gasteiger partial charge in [-0.3, -0.25) is 9.79 Å². The van der Waals surface area contributed by atoms with Crippen LogP contribution >= 0.6 is 11.8 Å². The van der Waals surface area contributed by atoms with Gasteiger partial charge in [-0.15, -0.1) is 0 Å². The number of aliphatic imine (C=N–C) groups is 1. The molecule has 164 valence electrons. The number of thioether (sulfide) groups is 1. The summed E-state index contributed by atoms with van der Waals surface area (Å²) in [7, 11) is -3.11. The highest BCUT2D eigenvalue weighted by Gasteiger charge is 2.47. The minimum atomic E-state index is -3.11. The largest absolute Gasteiger partial charge is 0.325 e. The van der Waals surface area contributed by atoms with Crippen LogP contribution in [0.2, 0.25) is 0 Å². The minimum Gasteiger partial charge on any atom is -0.325 e. The third kappa shape index (κ3) is 4.65. The van der Waals surface area contributed by atoms with Gasteiger partial charge in [0.25, 0.3) is 0 Å². The maximum Gasteiger partial charge on any atom is 0.234 e. The van der Waals surface area contributed by atoms with Crippen LogP contribution in [-0.4, -0.2) is 48.8 Å². The van der Waals surface area contributed by atoms with E-state index in [4.69, 9.17) is 4.99 Å². The number of nitrogens with zero attached hydrogens (tertiary/aromatic N) is 2. The zero-order chi connectivity index (χ0) is 22.3. The number of amides is 1. The van der Waals surface area contributed by atoms with E-state index in [0.29, 0.717) is 0 Å². The fourth-order valence-electron chi connectivity index (χ4n) is 4.08. The van der Waals surface area contributed by atoms with E-state index in [-0.39, 0.29) is 35.2 Å². The molecule has 8 heteroatoms. The van der Waals surface area contributed by atoms with Crippen LogP contribution in [0.3, 0.4) is 0 Å². The average Bonchev–Trinajstić information content (AvgIpc) is 3.16. The van der Waals surface area contributed by atoms with Crippen LogP contribution in [-0.2, 0) is 14.6 Å². The number of carbonyl (C=O) groups is 1. The Labute approximate surface area is 188 Å². The molecule has 2 atom stereocenters. The zero-order valence-corrected chi connectivity index (χ0v) is 19.8. The van der Waals surface area contributed by atoms with E-state index in [1.165, 1.54) is 11.8 Å².